The molecule has 1 amide bonds. The number of nitro benzene ring substituents is 2. The number of ether oxygens (including phenoxy) is 1. The lowest BCUT2D eigenvalue weighted by Gasteiger charge is -2.23. The van der Waals surface area contributed by atoms with Gasteiger partial charge in [0.25, 0.3) is 17.3 Å². The molecule has 2 aromatic carbocycles. The molecular formula is C17H13F4N3O7. The molecule has 1 atom stereocenters. The second-order valence-corrected chi connectivity index (χ2v) is 6.38. The first-order chi connectivity index (χ1) is 14.2. The van der Waals surface area contributed by atoms with E-state index < -0.39 is 68.3 Å². The topological polar surface area (TPSA) is 145 Å². The fourth-order valence-electron chi connectivity index (χ4n) is 2.27. The molecule has 0 aliphatic rings. The van der Waals surface area contributed by atoms with E-state index in [4.69, 9.17) is 4.74 Å². The number of halogens is 4. The summed E-state index contributed by atoms with van der Waals surface area (Å²) >= 11 is 0. The highest BCUT2D eigenvalue weighted by atomic mass is 19.4. The van der Waals surface area contributed by atoms with E-state index in [2.05, 4.69) is 0 Å². The standard InChI is InChI=1S/C17H13F4N3O7/c1-16(26,8-31-14-5-3-10(23(27)28)7-12(14)18)15(25)22-9-2-4-13(24(29)30)11(6-9)17(19,20)21/h2-7,26H,8H2,1H3,(H,22,25)/t16-/m0/s1. The van der Waals surface area contributed by atoms with Crippen LogP contribution in [-0.2, 0) is 11.0 Å². The summed E-state index contributed by atoms with van der Waals surface area (Å²) in [6, 6.07) is 4.06. The molecule has 0 aliphatic carbocycles. The van der Waals surface area contributed by atoms with Gasteiger partial charge in [-0.1, -0.05) is 0 Å². The van der Waals surface area contributed by atoms with Crippen LogP contribution in [-0.4, -0.2) is 33.1 Å². The average Bonchev–Trinajstić information content (AvgIpc) is 2.65. The monoisotopic (exact) mass is 447 g/mol. The molecule has 2 aromatic rings. The number of rotatable bonds is 7. The minimum atomic E-state index is -5.08. The van der Waals surface area contributed by atoms with Crippen molar-refractivity contribution in [2.24, 2.45) is 0 Å². The molecule has 2 N–H and O–H groups in total. The Labute approximate surface area is 170 Å². The van der Waals surface area contributed by atoms with Crippen molar-refractivity contribution in [3.63, 3.8) is 0 Å². The molecule has 14 heteroatoms. The van der Waals surface area contributed by atoms with E-state index in [9.17, 15) is 47.7 Å². The van der Waals surface area contributed by atoms with E-state index in [1.165, 1.54) is 0 Å². The maximum Gasteiger partial charge on any atom is 0.423 e. The van der Waals surface area contributed by atoms with Gasteiger partial charge in [-0.15, -0.1) is 0 Å². The Morgan fingerprint density at radius 1 is 1.13 bits per heavy atom. The van der Waals surface area contributed by atoms with Crippen LogP contribution in [0, 0.1) is 26.0 Å². The average molecular weight is 447 g/mol. The van der Waals surface area contributed by atoms with Crippen LogP contribution in [0.5, 0.6) is 5.75 Å². The van der Waals surface area contributed by atoms with Crippen LogP contribution >= 0.6 is 0 Å². The smallest absolute Gasteiger partial charge is 0.423 e. The number of amides is 1. The zero-order valence-corrected chi connectivity index (χ0v) is 15.5. The van der Waals surface area contributed by atoms with Crippen LogP contribution in [0.4, 0.5) is 34.6 Å². The fourth-order valence-corrected chi connectivity index (χ4v) is 2.27. The SMILES string of the molecule is C[C@](O)(COc1ccc([N+](=O)[O-])cc1F)C(=O)Nc1ccc([N+](=O)[O-])c(C(F)(F)F)c1. The summed E-state index contributed by atoms with van der Waals surface area (Å²) in [5.74, 6) is -2.92. The quantitative estimate of drug-likeness (QED) is 0.376. The predicted molar refractivity (Wildman–Crippen MR) is 95.9 cm³/mol. The first kappa shape index (κ1) is 23.5. The van der Waals surface area contributed by atoms with E-state index in [1.54, 1.807) is 0 Å². The lowest BCUT2D eigenvalue weighted by molar-refractivity contribution is -0.388. The summed E-state index contributed by atoms with van der Waals surface area (Å²) in [5, 5.41) is 33.5. The number of anilines is 1. The number of nitrogens with zero attached hydrogens (tertiary/aromatic N) is 2. The molecule has 0 bridgehead atoms. The third-order valence-corrected chi connectivity index (χ3v) is 3.88. The van der Waals surface area contributed by atoms with Crippen LogP contribution in [0.15, 0.2) is 36.4 Å². The lowest BCUT2D eigenvalue weighted by atomic mass is 10.1. The number of non-ortho nitro benzene ring substituents is 1. The van der Waals surface area contributed by atoms with Crippen molar-refractivity contribution in [2.45, 2.75) is 18.7 Å². The molecule has 0 radical (unpaired) electrons. The van der Waals surface area contributed by atoms with E-state index in [-0.39, 0.29) is 0 Å². The van der Waals surface area contributed by atoms with Crippen molar-refractivity contribution in [1.82, 2.24) is 0 Å². The van der Waals surface area contributed by atoms with Crippen LogP contribution in [0.25, 0.3) is 0 Å². The van der Waals surface area contributed by atoms with Crippen molar-refractivity contribution in [3.8, 4) is 5.75 Å². The Kier molecular flexibility index (Phi) is 6.44. The van der Waals surface area contributed by atoms with Crippen LogP contribution < -0.4 is 10.1 Å². The van der Waals surface area contributed by atoms with Gasteiger partial charge in [-0.05, 0) is 25.1 Å². The van der Waals surface area contributed by atoms with Gasteiger partial charge in [0.2, 0.25) is 0 Å². The van der Waals surface area contributed by atoms with Gasteiger partial charge in [-0.3, -0.25) is 25.0 Å². The van der Waals surface area contributed by atoms with Crippen molar-refractivity contribution >= 4 is 23.0 Å². The Balaban J connectivity index is 2.16. The summed E-state index contributed by atoms with van der Waals surface area (Å²) in [6.45, 7) is 0.0500. The van der Waals surface area contributed by atoms with E-state index in [0.717, 1.165) is 25.1 Å². The molecule has 2 rings (SSSR count). The molecule has 166 valence electrons. The van der Waals surface area contributed by atoms with Gasteiger partial charge in [0.1, 0.15) is 12.2 Å². The Bertz CT molecular complexity index is 1040. The summed E-state index contributed by atoms with van der Waals surface area (Å²) in [7, 11) is 0. The summed E-state index contributed by atoms with van der Waals surface area (Å²) in [4.78, 5) is 31.5. The van der Waals surface area contributed by atoms with Crippen LogP contribution in [0.3, 0.4) is 0 Å². The molecule has 0 saturated carbocycles. The molecule has 10 nitrogen and oxygen atoms in total. The van der Waals surface area contributed by atoms with E-state index >= 15 is 0 Å². The predicted octanol–water partition coefficient (Wildman–Crippen LogP) is 3.43. The number of nitro groups is 2. The zero-order valence-electron chi connectivity index (χ0n) is 15.5. The zero-order chi connectivity index (χ0) is 23.6. The first-order valence-electron chi connectivity index (χ1n) is 8.18. The molecule has 31 heavy (non-hydrogen) atoms. The van der Waals surface area contributed by atoms with E-state index in [0.29, 0.717) is 18.2 Å². The highest BCUT2D eigenvalue weighted by Gasteiger charge is 2.39. The molecule has 0 fully saturated rings. The third kappa shape index (κ3) is 5.63. The van der Waals surface area contributed by atoms with Gasteiger partial charge in [0.15, 0.2) is 17.2 Å². The van der Waals surface area contributed by atoms with Crippen molar-refractivity contribution in [2.75, 3.05) is 11.9 Å². The number of nitrogens with one attached hydrogen (secondary N) is 1. The highest BCUT2D eigenvalue weighted by Crippen LogP contribution is 2.37. The Hall–Kier alpha value is -3.81. The van der Waals surface area contributed by atoms with E-state index in [1.807, 2.05) is 5.32 Å². The Morgan fingerprint density at radius 2 is 1.77 bits per heavy atom. The minimum Gasteiger partial charge on any atom is -0.487 e. The van der Waals surface area contributed by atoms with Gasteiger partial charge in [-0.25, -0.2) is 4.39 Å². The van der Waals surface area contributed by atoms with Crippen LogP contribution in [0.1, 0.15) is 12.5 Å². The highest BCUT2D eigenvalue weighted by molar-refractivity contribution is 5.97. The van der Waals surface area contributed by atoms with Crippen molar-refractivity contribution in [1.29, 1.82) is 0 Å². The summed E-state index contributed by atoms with van der Waals surface area (Å²) in [6.07, 6.45) is -5.08. The largest absolute Gasteiger partial charge is 0.487 e. The van der Waals surface area contributed by atoms with Crippen LogP contribution in [0.2, 0.25) is 0 Å². The maximum atomic E-state index is 13.8. The number of hydrogen-bond acceptors (Lipinski definition) is 7. The summed E-state index contributed by atoms with van der Waals surface area (Å²) < 4.78 is 57.8. The Morgan fingerprint density at radius 3 is 2.29 bits per heavy atom. The number of aliphatic hydroxyl groups is 1. The molecule has 0 spiro atoms. The van der Waals surface area contributed by atoms with Gasteiger partial charge < -0.3 is 15.2 Å². The number of alkyl halides is 3. The minimum absolute atomic E-state index is 0.322. The third-order valence-electron chi connectivity index (χ3n) is 3.88. The number of carbonyl (C=O) groups excluding carboxylic acids is 1. The molecule has 0 aromatic heterocycles. The molecular weight excluding hydrogens is 434 g/mol. The van der Waals surface area contributed by atoms with Gasteiger partial charge in [0.05, 0.1) is 15.9 Å². The van der Waals surface area contributed by atoms with Gasteiger partial charge in [-0.2, -0.15) is 13.2 Å². The fraction of sp³-hybridized carbons (Fsp3) is 0.235. The molecule has 0 unspecified atom stereocenters. The first-order valence-corrected chi connectivity index (χ1v) is 8.18. The molecule has 0 heterocycles. The number of benzene rings is 2. The number of carbonyl (C=O) groups is 1. The van der Waals surface area contributed by atoms with Gasteiger partial charge in [0, 0.05) is 17.8 Å². The van der Waals surface area contributed by atoms with Crippen molar-refractivity contribution in [3.05, 3.63) is 68.0 Å². The normalized spacial score (nSPS) is 13.2. The van der Waals surface area contributed by atoms with Gasteiger partial charge >= 0.3 is 6.18 Å². The second kappa shape index (κ2) is 8.51. The number of hydrogen-bond donors (Lipinski definition) is 2. The molecule has 0 aliphatic heterocycles. The summed E-state index contributed by atoms with van der Waals surface area (Å²) in [5.41, 5.74) is -6.28. The van der Waals surface area contributed by atoms with Crippen molar-refractivity contribution < 1.29 is 42.0 Å². The molecule has 0 saturated heterocycles. The second-order valence-electron chi connectivity index (χ2n) is 6.38. The lowest BCUT2D eigenvalue weighted by Crippen LogP contribution is -2.45. The maximum absolute atomic E-state index is 13.8.